The van der Waals surface area contributed by atoms with Gasteiger partial charge < -0.3 is 9.64 Å². The summed E-state index contributed by atoms with van der Waals surface area (Å²) in [7, 11) is 3.78. The van der Waals surface area contributed by atoms with Crippen molar-refractivity contribution >= 4 is 11.6 Å². The van der Waals surface area contributed by atoms with Crippen LogP contribution in [0, 0.1) is 23.2 Å². The third kappa shape index (κ3) is 1.30. The third-order valence-corrected chi connectivity index (χ3v) is 8.22. The van der Waals surface area contributed by atoms with Crippen LogP contribution < -0.4 is 5.06 Å². The zero-order valence-corrected chi connectivity index (χ0v) is 15.2. The normalized spacial score (nSPS) is 47.8. The van der Waals surface area contributed by atoms with Crippen LogP contribution in [0.25, 0.3) is 0 Å². The summed E-state index contributed by atoms with van der Waals surface area (Å²) in [5, 5.41) is 1.50. The maximum absolute atomic E-state index is 13.9. The Morgan fingerprint density at radius 2 is 2.19 bits per heavy atom. The highest BCUT2D eigenvalue weighted by Crippen LogP contribution is 2.73. The van der Waals surface area contributed by atoms with Gasteiger partial charge in [-0.1, -0.05) is 24.3 Å². The van der Waals surface area contributed by atoms with Crippen LogP contribution in [0.5, 0.6) is 0 Å². The number of piperidine rings is 1. The molecule has 2 saturated heterocycles. The molecule has 5 nitrogen and oxygen atoms in total. The lowest BCUT2D eigenvalue weighted by Crippen LogP contribution is -2.63. The van der Waals surface area contributed by atoms with Gasteiger partial charge in [-0.15, -0.1) is 6.58 Å². The van der Waals surface area contributed by atoms with Crippen molar-refractivity contribution in [1.29, 1.82) is 0 Å². The van der Waals surface area contributed by atoms with Crippen LogP contribution in [0.2, 0.25) is 0 Å². The first-order chi connectivity index (χ1) is 12.6. The number of hydroxylamine groups is 1. The van der Waals surface area contributed by atoms with Gasteiger partial charge in [0.2, 0.25) is 0 Å². The second-order valence-electron chi connectivity index (χ2n) is 8.70. The van der Waals surface area contributed by atoms with E-state index in [1.165, 1.54) is 5.06 Å². The van der Waals surface area contributed by atoms with E-state index in [4.69, 9.17) is 9.57 Å². The highest BCUT2D eigenvalue weighted by molar-refractivity contribution is 6.08. The summed E-state index contributed by atoms with van der Waals surface area (Å²) in [6.07, 6.45) is 3.04. The van der Waals surface area contributed by atoms with Crippen molar-refractivity contribution < 1.29 is 14.4 Å². The summed E-state index contributed by atoms with van der Waals surface area (Å²) in [5.74, 6) is 1.31. The van der Waals surface area contributed by atoms with Gasteiger partial charge in [-0.25, -0.2) is 0 Å². The average Bonchev–Trinajstić information content (AvgIpc) is 3.13. The van der Waals surface area contributed by atoms with Crippen molar-refractivity contribution in [3.8, 4) is 0 Å². The van der Waals surface area contributed by atoms with E-state index in [-0.39, 0.29) is 23.3 Å². The second-order valence-corrected chi connectivity index (χ2v) is 8.70. The van der Waals surface area contributed by atoms with Gasteiger partial charge in [0.15, 0.2) is 0 Å². The van der Waals surface area contributed by atoms with Crippen LogP contribution in [0.4, 0.5) is 5.69 Å². The number of carbonyl (C=O) groups excluding carboxylic acids is 1. The molecule has 1 aromatic rings. The number of hydrogen-bond donors (Lipinski definition) is 0. The largest absolute Gasteiger partial charge is 0.376 e. The summed E-state index contributed by atoms with van der Waals surface area (Å²) >= 11 is 0. The average molecular weight is 352 g/mol. The van der Waals surface area contributed by atoms with Gasteiger partial charge in [-0.2, -0.15) is 5.06 Å². The Hall–Kier alpha value is -1.69. The number of carbonyl (C=O) groups is 1. The summed E-state index contributed by atoms with van der Waals surface area (Å²) in [6.45, 7) is 6.00. The molecule has 136 valence electrons. The predicted molar refractivity (Wildman–Crippen MR) is 96.5 cm³/mol. The number of benzene rings is 1. The van der Waals surface area contributed by atoms with Gasteiger partial charge >= 0.3 is 0 Å². The minimum atomic E-state index is -0.669. The monoisotopic (exact) mass is 352 g/mol. The van der Waals surface area contributed by atoms with Gasteiger partial charge in [-0.05, 0) is 31.0 Å². The lowest BCUT2D eigenvalue weighted by molar-refractivity contribution is -0.159. The van der Waals surface area contributed by atoms with Crippen molar-refractivity contribution in [2.45, 2.75) is 24.0 Å². The molecule has 7 atom stereocenters. The van der Waals surface area contributed by atoms with E-state index in [1.807, 2.05) is 18.2 Å². The van der Waals surface area contributed by atoms with Crippen LogP contribution in [0.1, 0.15) is 12.0 Å². The Morgan fingerprint density at radius 3 is 2.96 bits per heavy atom. The van der Waals surface area contributed by atoms with Crippen molar-refractivity contribution in [3.05, 3.63) is 42.5 Å². The van der Waals surface area contributed by atoms with Crippen LogP contribution in [-0.2, 0) is 19.8 Å². The highest BCUT2D eigenvalue weighted by Gasteiger charge is 2.80. The Labute approximate surface area is 153 Å². The van der Waals surface area contributed by atoms with Crippen LogP contribution in [0.3, 0.4) is 0 Å². The Balaban J connectivity index is 1.68. The van der Waals surface area contributed by atoms with Gasteiger partial charge in [0, 0.05) is 29.8 Å². The van der Waals surface area contributed by atoms with Crippen LogP contribution in [-0.4, -0.2) is 50.3 Å². The summed E-state index contributed by atoms with van der Waals surface area (Å²) in [5.41, 5.74) is 1.27. The number of fused-ring (bicyclic) bond motifs is 5. The smallest absolute Gasteiger partial charge is 0.264 e. The van der Waals surface area contributed by atoms with Crippen molar-refractivity contribution in [3.63, 3.8) is 0 Å². The first-order valence-corrected chi connectivity index (χ1v) is 9.55. The van der Waals surface area contributed by atoms with Gasteiger partial charge in [0.1, 0.15) is 5.41 Å². The van der Waals surface area contributed by atoms with Crippen LogP contribution >= 0.6 is 0 Å². The summed E-state index contributed by atoms with van der Waals surface area (Å²) in [6, 6.07) is 8.47. The van der Waals surface area contributed by atoms with E-state index < -0.39 is 5.41 Å². The molecule has 5 heteroatoms. The minimum Gasteiger partial charge on any atom is -0.376 e. The molecule has 26 heavy (non-hydrogen) atoms. The van der Waals surface area contributed by atoms with Crippen molar-refractivity contribution in [1.82, 2.24) is 4.90 Å². The molecule has 5 bridgehead atoms. The zero-order chi connectivity index (χ0) is 17.8. The molecule has 4 fully saturated rings. The number of para-hydroxylation sites is 1. The molecule has 5 aliphatic rings. The predicted octanol–water partition coefficient (Wildman–Crippen LogP) is 1.98. The van der Waals surface area contributed by atoms with E-state index in [0.717, 1.165) is 30.8 Å². The number of anilines is 1. The van der Waals surface area contributed by atoms with Gasteiger partial charge in [-0.3, -0.25) is 9.63 Å². The molecule has 6 rings (SSSR count). The maximum atomic E-state index is 13.9. The molecular formula is C21H24N2O3. The molecule has 2 saturated carbocycles. The molecule has 1 amide bonds. The molecule has 0 radical (unpaired) electrons. The molecular weight excluding hydrogens is 328 g/mol. The molecule has 3 heterocycles. The molecule has 1 aromatic carbocycles. The fraction of sp³-hybridized carbons (Fsp3) is 0.571. The number of rotatable bonds is 2. The number of amides is 1. The molecule has 3 aliphatic heterocycles. The summed E-state index contributed by atoms with van der Waals surface area (Å²) in [4.78, 5) is 21.9. The Morgan fingerprint density at radius 1 is 1.38 bits per heavy atom. The highest BCUT2D eigenvalue weighted by atomic mass is 16.7. The quantitative estimate of drug-likeness (QED) is 0.764. The fourth-order valence-corrected chi connectivity index (χ4v) is 7.64. The van der Waals surface area contributed by atoms with Crippen LogP contribution in [0.15, 0.2) is 36.9 Å². The fourth-order valence-electron chi connectivity index (χ4n) is 7.64. The van der Waals surface area contributed by atoms with Crippen molar-refractivity contribution in [2.24, 2.45) is 23.2 Å². The SMILES string of the molecule is C=C[C@]12CN(C)C3[C@H]4CO[C@H](C[C@H]41)[C@]1(C(=O)N(OC)c4ccccc41)[C@@H]32. The van der Waals surface area contributed by atoms with E-state index in [1.54, 1.807) is 7.11 Å². The minimum absolute atomic E-state index is 0.0170. The maximum Gasteiger partial charge on any atom is 0.264 e. The lowest BCUT2D eigenvalue weighted by Gasteiger charge is -2.54. The molecule has 2 aliphatic carbocycles. The van der Waals surface area contributed by atoms with E-state index in [9.17, 15) is 4.79 Å². The van der Waals surface area contributed by atoms with E-state index in [0.29, 0.717) is 17.9 Å². The molecule has 0 N–H and O–H groups in total. The van der Waals surface area contributed by atoms with Crippen molar-refractivity contribution in [2.75, 3.05) is 32.4 Å². The van der Waals surface area contributed by atoms with Gasteiger partial charge in [0.25, 0.3) is 5.91 Å². The van der Waals surface area contributed by atoms with Gasteiger partial charge in [0.05, 0.1) is 25.5 Å². The number of hydrogen-bond acceptors (Lipinski definition) is 4. The number of nitrogens with zero attached hydrogens (tertiary/aromatic N) is 2. The number of ether oxygens (including phenoxy) is 1. The van der Waals surface area contributed by atoms with E-state index in [2.05, 4.69) is 30.7 Å². The molecule has 0 aromatic heterocycles. The second kappa shape index (κ2) is 4.58. The first-order valence-electron chi connectivity index (χ1n) is 9.55. The summed E-state index contributed by atoms with van der Waals surface area (Å²) < 4.78 is 6.39. The topological polar surface area (TPSA) is 42.0 Å². The third-order valence-electron chi connectivity index (χ3n) is 8.22. The Bertz CT molecular complexity index is 840. The first kappa shape index (κ1) is 15.4. The van der Waals surface area contributed by atoms with E-state index >= 15 is 0 Å². The lowest BCUT2D eigenvalue weighted by atomic mass is 9.51. The molecule has 1 spiro atoms. The molecule has 1 unspecified atom stereocenters. The zero-order valence-electron chi connectivity index (χ0n) is 15.2. The number of likely N-dealkylation sites (tertiary alicyclic amines) is 1. The standard InChI is InChI=1S/C21H24N2O3/c1-4-20-11-22(2)17-12-10-26-16(9-14(12)20)21(18(17)20)13-7-5-6-8-15(13)23(25-3)19(21)24/h4-8,12,14,16-18H,1,9-11H2,2-3H3/t12-,14+,16+,17?,18-,20-,21-/m0/s1. The Kier molecular flexibility index (Phi) is 2.71.